The van der Waals surface area contributed by atoms with Crippen molar-refractivity contribution < 1.29 is 53.9 Å². The van der Waals surface area contributed by atoms with Crippen LogP contribution >= 0.6 is 0 Å². The second kappa shape index (κ2) is 11.0. The molecule has 1 amide bonds. The highest BCUT2D eigenvalue weighted by Crippen LogP contribution is 2.40. The summed E-state index contributed by atoms with van der Waals surface area (Å²) in [5.41, 5.74) is 0.381. The Morgan fingerprint density at radius 3 is 2.21 bits per heavy atom. The van der Waals surface area contributed by atoms with E-state index < -0.39 is 49.3 Å². The van der Waals surface area contributed by atoms with Crippen LogP contribution in [0.1, 0.15) is 32.3 Å². The lowest BCUT2D eigenvalue weighted by Gasteiger charge is -2.39. The molecule has 1 fully saturated rings. The zero-order chi connectivity index (χ0) is 31.1. The fraction of sp³-hybridized carbons (Fsp3) is 0.321. The summed E-state index contributed by atoms with van der Waals surface area (Å²) in [5, 5.41) is 0. The summed E-state index contributed by atoms with van der Waals surface area (Å²) in [6.07, 6.45) is -7.46. The smallest absolute Gasteiger partial charge is 0.312 e. The molecule has 2 aromatic carbocycles. The Morgan fingerprint density at radius 1 is 0.952 bits per heavy atom. The second-order valence-corrected chi connectivity index (χ2v) is 12.8. The monoisotopic (exact) mass is 615 g/mol. The SMILES string of the molecule is CC(C)([C@@H]1CCN(c2ccc(-c3ccc[n+](OC(=O)C(F)(F)F)c3)cc2)C(=O)C1)S(=O)(=O)c1cccc(C(F)(F)F)c1. The Hall–Kier alpha value is -3.94. The van der Waals surface area contributed by atoms with Crippen molar-refractivity contribution in [2.75, 3.05) is 11.4 Å². The van der Waals surface area contributed by atoms with Gasteiger partial charge in [0.15, 0.2) is 9.84 Å². The van der Waals surface area contributed by atoms with Crippen molar-refractivity contribution in [3.63, 3.8) is 0 Å². The number of amides is 1. The maximum Gasteiger partial charge on any atom is 0.498 e. The Balaban J connectivity index is 1.48. The van der Waals surface area contributed by atoms with E-state index in [0.29, 0.717) is 27.6 Å². The Kier molecular flexibility index (Phi) is 8.15. The molecule has 0 N–H and O–H groups in total. The highest BCUT2D eigenvalue weighted by Gasteiger charge is 2.47. The third-order valence-corrected chi connectivity index (χ3v) is 9.87. The molecule has 1 aromatic heterocycles. The fourth-order valence-corrected chi connectivity index (χ4v) is 6.51. The van der Waals surface area contributed by atoms with Gasteiger partial charge in [0.1, 0.15) is 0 Å². The van der Waals surface area contributed by atoms with Gasteiger partial charge in [-0.25, -0.2) is 13.2 Å². The summed E-state index contributed by atoms with van der Waals surface area (Å²) < 4.78 is 103. The predicted molar refractivity (Wildman–Crippen MR) is 138 cm³/mol. The number of hydrogen-bond donors (Lipinski definition) is 0. The van der Waals surface area contributed by atoms with E-state index in [1.54, 1.807) is 30.3 Å². The van der Waals surface area contributed by atoms with E-state index in [1.807, 2.05) is 0 Å². The van der Waals surface area contributed by atoms with E-state index in [4.69, 9.17) is 0 Å². The number of piperidine rings is 1. The minimum Gasteiger partial charge on any atom is -0.312 e. The summed E-state index contributed by atoms with van der Waals surface area (Å²) in [7, 11) is -4.25. The number of sulfone groups is 1. The van der Waals surface area contributed by atoms with Crippen molar-refractivity contribution in [3.8, 4) is 11.1 Å². The molecule has 7 nitrogen and oxygen atoms in total. The molecule has 4 rings (SSSR count). The first-order valence-electron chi connectivity index (χ1n) is 12.5. The molecular formula is C28H25F6N2O5S+. The molecule has 1 saturated heterocycles. The van der Waals surface area contributed by atoms with E-state index in [1.165, 1.54) is 31.0 Å². The van der Waals surface area contributed by atoms with E-state index >= 15 is 0 Å². The predicted octanol–water partition coefficient (Wildman–Crippen LogP) is 5.17. The van der Waals surface area contributed by atoms with Gasteiger partial charge in [-0.2, -0.15) is 31.2 Å². The minimum atomic E-state index is -5.16. The van der Waals surface area contributed by atoms with Crippen LogP contribution in [0, 0.1) is 5.92 Å². The van der Waals surface area contributed by atoms with Gasteiger partial charge in [-0.3, -0.25) is 4.79 Å². The normalized spacial score (nSPS) is 16.8. The molecule has 2 heterocycles. The molecule has 0 radical (unpaired) electrons. The van der Waals surface area contributed by atoms with E-state index in [9.17, 15) is 44.3 Å². The number of pyridine rings is 1. The lowest BCUT2D eigenvalue weighted by Crippen LogP contribution is -2.49. The molecule has 0 bridgehead atoms. The first-order valence-corrected chi connectivity index (χ1v) is 14.0. The van der Waals surface area contributed by atoms with E-state index in [0.717, 1.165) is 24.4 Å². The average molecular weight is 616 g/mol. The largest absolute Gasteiger partial charge is 0.498 e. The van der Waals surface area contributed by atoms with Crippen molar-refractivity contribution in [3.05, 3.63) is 78.6 Å². The van der Waals surface area contributed by atoms with Gasteiger partial charge in [0.25, 0.3) is 0 Å². The Bertz CT molecular complexity index is 1600. The third kappa shape index (κ3) is 6.27. The quantitative estimate of drug-likeness (QED) is 0.282. The minimum absolute atomic E-state index is 0.156. The number of benzene rings is 2. The maximum absolute atomic E-state index is 13.4. The first-order chi connectivity index (χ1) is 19.4. The van der Waals surface area contributed by atoms with Crippen LogP contribution in [0.15, 0.2) is 78.0 Å². The topological polar surface area (TPSA) is 84.6 Å². The van der Waals surface area contributed by atoms with Gasteiger partial charge in [-0.15, -0.1) is 0 Å². The van der Waals surface area contributed by atoms with Crippen molar-refractivity contribution in [2.45, 2.75) is 48.7 Å². The summed E-state index contributed by atoms with van der Waals surface area (Å²) in [4.78, 5) is 29.5. The van der Waals surface area contributed by atoms with Crippen molar-refractivity contribution in [1.29, 1.82) is 0 Å². The van der Waals surface area contributed by atoms with Crippen LogP contribution in [0.25, 0.3) is 11.1 Å². The molecule has 42 heavy (non-hydrogen) atoms. The highest BCUT2D eigenvalue weighted by atomic mass is 32.2. The first kappa shape index (κ1) is 31.0. The standard InChI is InChI=1S/C28H25F6N2O5S/c1-26(2,42(39,40)23-7-3-6-21(15-23)27(29,30)31)20-12-14-36(24(37)16-20)22-10-8-18(9-11-22)19-5-4-13-35(17-19)41-25(38)28(32,33)34/h3-11,13,15,17,20H,12,14,16H2,1-2H3/q+1/t20-/m1/s1. The number of aromatic nitrogens is 1. The molecule has 224 valence electrons. The number of hydrogen-bond acceptors (Lipinski definition) is 5. The van der Waals surface area contributed by atoms with Crippen molar-refractivity contribution in [1.82, 2.24) is 0 Å². The van der Waals surface area contributed by atoms with Crippen LogP contribution in [-0.2, 0) is 25.6 Å². The van der Waals surface area contributed by atoms with Gasteiger partial charge in [-0.1, -0.05) is 18.2 Å². The van der Waals surface area contributed by atoms with Crippen LogP contribution in [0.5, 0.6) is 0 Å². The van der Waals surface area contributed by atoms with Gasteiger partial charge in [-0.05, 0) is 68.1 Å². The van der Waals surface area contributed by atoms with Gasteiger partial charge in [0, 0.05) is 29.4 Å². The zero-order valence-electron chi connectivity index (χ0n) is 22.2. The summed E-state index contributed by atoms with van der Waals surface area (Å²) in [6, 6.07) is 12.9. The fourth-order valence-electron chi connectivity index (χ4n) is 4.73. The average Bonchev–Trinajstić information content (AvgIpc) is 2.92. The van der Waals surface area contributed by atoms with Gasteiger partial charge in [0.05, 0.1) is 20.8 Å². The van der Waals surface area contributed by atoms with Crippen molar-refractivity contribution >= 4 is 27.4 Å². The summed E-state index contributed by atoms with van der Waals surface area (Å²) >= 11 is 0. The lowest BCUT2D eigenvalue weighted by atomic mass is 9.85. The molecule has 3 aromatic rings. The summed E-state index contributed by atoms with van der Waals surface area (Å²) in [5.74, 6) is -3.42. The number of carbonyl (C=O) groups is 2. The maximum atomic E-state index is 13.4. The number of anilines is 1. The highest BCUT2D eigenvalue weighted by molar-refractivity contribution is 7.92. The number of alkyl halides is 6. The molecule has 1 aliphatic heterocycles. The van der Waals surface area contributed by atoms with Crippen molar-refractivity contribution in [2.24, 2.45) is 5.92 Å². The van der Waals surface area contributed by atoms with Gasteiger partial charge >= 0.3 is 18.3 Å². The second-order valence-electron chi connectivity index (χ2n) is 10.2. The van der Waals surface area contributed by atoms with E-state index in [2.05, 4.69) is 4.84 Å². The molecule has 0 spiro atoms. The number of nitrogens with zero attached hydrogens (tertiary/aromatic N) is 2. The molecule has 1 atom stereocenters. The molecule has 0 aliphatic carbocycles. The van der Waals surface area contributed by atoms with Gasteiger partial charge in [0.2, 0.25) is 18.3 Å². The number of rotatable bonds is 6. The van der Waals surface area contributed by atoms with Crippen LogP contribution in [-0.4, -0.2) is 37.8 Å². The molecule has 0 saturated carbocycles. The molecule has 1 aliphatic rings. The number of halogens is 6. The van der Waals surface area contributed by atoms with Gasteiger partial charge < -0.3 is 4.90 Å². The van der Waals surface area contributed by atoms with Crippen LogP contribution in [0.4, 0.5) is 32.0 Å². The van der Waals surface area contributed by atoms with Crippen LogP contribution in [0.3, 0.4) is 0 Å². The van der Waals surface area contributed by atoms with Crippen LogP contribution in [0.2, 0.25) is 0 Å². The lowest BCUT2D eigenvalue weighted by molar-refractivity contribution is -0.870. The Morgan fingerprint density at radius 2 is 1.62 bits per heavy atom. The third-order valence-electron chi connectivity index (χ3n) is 7.28. The molecular weight excluding hydrogens is 590 g/mol. The molecule has 0 unspecified atom stereocenters. The van der Waals surface area contributed by atoms with E-state index in [-0.39, 0.29) is 25.3 Å². The summed E-state index contributed by atoms with van der Waals surface area (Å²) in [6.45, 7) is 2.97. The number of carbonyl (C=O) groups excluding carboxylic acids is 2. The zero-order valence-corrected chi connectivity index (χ0v) is 23.1. The Labute approximate surface area is 237 Å². The molecule has 14 heteroatoms. The van der Waals surface area contributed by atoms with Crippen LogP contribution < -0.4 is 14.5 Å².